The fraction of sp³-hybridized carbons (Fsp3) is 0.478. The van der Waals surface area contributed by atoms with E-state index in [4.69, 9.17) is 4.74 Å². The fourth-order valence-corrected chi connectivity index (χ4v) is 6.47. The number of ether oxygens (including phenoxy) is 1. The maximum absolute atomic E-state index is 13.2. The molecule has 0 spiro atoms. The molecule has 2 aromatic heterocycles. The highest BCUT2D eigenvalue weighted by Crippen LogP contribution is 2.48. The summed E-state index contributed by atoms with van der Waals surface area (Å²) in [5, 5.41) is 11.0. The van der Waals surface area contributed by atoms with Crippen LogP contribution in [0.25, 0.3) is 20.8 Å². The number of thiophene rings is 1. The second kappa shape index (κ2) is 10.3. The van der Waals surface area contributed by atoms with Crippen molar-refractivity contribution in [1.29, 1.82) is 0 Å². The van der Waals surface area contributed by atoms with Gasteiger partial charge in [0.25, 0.3) is 0 Å². The predicted octanol–water partition coefficient (Wildman–Crippen LogP) is 5.20. The zero-order valence-corrected chi connectivity index (χ0v) is 20.8. The van der Waals surface area contributed by atoms with E-state index in [1.54, 1.807) is 7.11 Å². The summed E-state index contributed by atoms with van der Waals surface area (Å²) >= 11 is 2.86. The van der Waals surface area contributed by atoms with Gasteiger partial charge >= 0.3 is 6.18 Å². The number of carbonyl (C=O) groups excluding carboxylic acids is 1. The van der Waals surface area contributed by atoms with Crippen LogP contribution in [0.3, 0.4) is 0 Å². The molecule has 2 atom stereocenters. The van der Waals surface area contributed by atoms with Crippen molar-refractivity contribution in [1.82, 2.24) is 15.6 Å². The van der Waals surface area contributed by atoms with Gasteiger partial charge in [-0.2, -0.15) is 13.2 Å². The van der Waals surface area contributed by atoms with Crippen molar-refractivity contribution in [3.8, 4) is 10.6 Å². The molecule has 6 nitrogen and oxygen atoms in total. The first kappa shape index (κ1) is 25.1. The topological polar surface area (TPSA) is 75.3 Å². The molecule has 0 bridgehead atoms. The second-order valence-corrected chi connectivity index (χ2v) is 10.5. The van der Waals surface area contributed by atoms with Crippen LogP contribution >= 0.6 is 22.7 Å². The number of thiazole rings is 1. The molecule has 0 saturated carbocycles. The summed E-state index contributed by atoms with van der Waals surface area (Å²) in [7, 11) is 1.62. The smallest absolute Gasteiger partial charge is 0.383 e. The van der Waals surface area contributed by atoms with Crippen LogP contribution in [0.4, 0.5) is 18.2 Å². The van der Waals surface area contributed by atoms with Gasteiger partial charge in [0.1, 0.15) is 10.0 Å². The number of rotatable bonds is 8. The number of fused-ring (bicyclic) bond motifs is 2. The number of benzene rings is 1. The van der Waals surface area contributed by atoms with Crippen LogP contribution in [0.1, 0.15) is 42.3 Å². The molecule has 3 aromatic rings. The van der Waals surface area contributed by atoms with Crippen molar-refractivity contribution in [3.63, 3.8) is 0 Å². The summed E-state index contributed by atoms with van der Waals surface area (Å²) in [6, 6.07) is 3.98. The summed E-state index contributed by atoms with van der Waals surface area (Å²) in [4.78, 5) is 18.4. The van der Waals surface area contributed by atoms with Gasteiger partial charge in [-0.05, 0) is 44.0 Å². The van der Waals surface area contributed by atoms with Gasteiger partial charge in [0.2, 0.25) is 5.91 Å². The van der Waals surface area contributed by atoms with Crippen molar-refractivity contribution >= 4 is 43.8 Å². The van der Waals surface area contributed by atoms with E-state index in [-0.39, 0.29) is 18.0 Å². The molecule has 0 unspecified atom stereocenters. The molecule has 34 heavy (non-hydrogen) atoms. The van der Waals surface area contributed by atoms with Gasteiger partial charge in [-0.3, -0.25) is 4.79 Å². The number of carbonyl (C=O) groups is 1. The molecule has 1 aromatic carbocycles. The number of amides is 1. The van der Waals surface area contributed by atoms with E-state index in [0.29, 0.717) is 46.3 Å². The molecule has 0 fully saturated rings. The summed E-state index contributed by atoms with van der Waals surface area (Å²) in [6.45, 7) is 5.92. The molecule has 11 heteroatoms. The Bertz CT molecular complexity index is 1180. The molecule has 0 aliphatic carbocycles. The van der Waals surface area contributed by atoms with E-state index in [0.717, 1.165) is 34.6 Å². The van der Waals surface area contributed by atoms with Gasteiger partial charge in [0.05, 0.1) is 22.4 Å². The minimum atomic E-state index is -4.42. The SMILES string of the molecule is COCCNCCC(=O)Nc1sc2c(c1-c1nc3cc(C(F)(F)F)ccc3s1)C[C@@H](C)N[C@@H]2C. The third-order valence-corrected chi connectivity index (χ3v) is 8.05. The number of halogens is 3. The second-order valence-electron chi connectivity index (χ2n) is 8.38. The fourth-order valence-electron chi connectivity index (χ4n) is 4.12. The Morgan fingerprint density at radius 1 is 1.26 bits per heavy atom. The number of nitrogens with zero attached hydrogens (tertiary/aromatic N) is 1. The molecule has 1 aliphatic rings. The van der Waals surface area contributed by atoms with Gasteiger partial charge in [0, 0.05) is 49.1 Å². The molecular formula is C23H27F3N4O2S2. The van der Waals surface area contributed by atoms with E-state index in [9.17, 15) is 18.0 Å². The van der Waals surface area contributed by atoms with E-state index >= 15 is 0 Å². The molecule has 0 radical (unpaired) electrons. The highest BCUT2D eigenvalue weighted by Gasteiger charge is 2.32. The Morgan fingerprint density at radius 2 is 2.06 bits per heavy atom. The lowest BCUT2D eigenvalue weighted by Gasteiger charge is -2.26. The lowest BCUT2D eigenvalue weighted by atomic mass is 9.95. The average molecular weight is 513 g/mol. The number of methoxy groups -OCH3 is 1. The van der Waals surface area contributed by atoms with Gasteiger partial charge in [-0.15, -0.1) is 22.7 Å². The minimum absolute atomic E-state index is 0.107. The first-order valence-corrected chi connectivity index (χ1v) is 12.7. The van der Waals surface area contributed by atoms with E-state index in [1.165, 1.54) is 28.7 Å². The molecule has 4 rings (SSSR count). The first-order valence-electron chi connectivity index (χ1n) is 11.1. The van der Waals surface area contributed by atoms with Crippen LogP contribution in [0, 0.1) is 0 Å². The quantitative estimate of drug-likeness (QED) is 0.362. The monoisotopic (exact) mass is 512 g/mol. The van der Waals surface area contributed by atoms with Gasteiger partial charge in [-0.25, -0.2) is 4.98 Å². The molecule has 3 N–H and O–H groups in total. The molecule has 184 valence electrons. The first-order chi connectivity index (χ1) is 16.2. The number of hydrogen-bond acceptors (Lipinski definition) is 7. The zero-order valence-electron chi connectivity index (χ0n) is 19.1. The van der Waals surface area contributed by atoms with E-state index in [1.807, 2.05) is 0 Å². The summed E-state index contributed by atoms with van der Waals surface area (Å²) in [5.41, 5.74) is 1.53. The van der Waals surface area contributed by atoms with Crippen LogP contribution in [0.15, 0.2) is 18.2 Å². The summed E-state index contributed by atoms with van der Waals surface area (Å²) in [6.07, 6.45) is -3.37. The minimum Gasteiger partial charge on any atom is -0.383 e. The summed E-state index contributed by atoms with van der Waals surface area (Å²) in [5.74, 6) is -0.126. The van der Waals surface area contributed by atoms with Crippen LogP contribution in [-0.4, -0.2) is 43.7 Å². The van der Waals surface area contributed by atoms with Crippen molar-refractivity contribution in [2.24, 2.45) is 0 Å². The number of hydrogen-bond donors (Lipinski definition) is 3. The Kier molecular flexibility index (Phi) is 7.58. The number of anilines is 1. The Hall–Kier alpha value is -2.05. The van der Waals surface area contributed by atoms with Crippen molar-refractivity contribution in [2.75, 3.05) is 32.1 Å². The maximum atomic E-state index is 13.2. The lowest BCUT2D eigenvalue weighted by Crippen LogP contribution is -2.35. The highest BCUT2D eigenvalue weighted by atomic mass is 32.1. The van der Waals surface area contributed by atoms with Gasteiger partial charge in [-0.1, -0.05) is 0 Å². The van der Waals surface area contributed by atoms with Crippen LogP contribution < -0.4 is 16.0 Å². The van der Waals surface area contributed by atoms with Crippen LogP contribution in [-0.2, 0) is 22.1 Å². The maximum Gasteiger partial charge on any atom is 0.416 e. The third kappa shape index (κ3) is 5.44. The predicted molar refractivity (Wildman–Crippen MR) is 131 cm³/mol. The largest absolute Gasteiger partial charge is 0.416 e. The lowest BCUT2D eigenvalue weighted by molar-refractivity contribution is -0.137. The molecule has 1 amide bonds. The normalized spacial score (nSPS) is 18.3. The van der Waals surface area contributed by atoms with Crippen molar-refractivity contribution in [3.05, 3.63) is 34.2 Å². The number of alkyl halides is 3. The zero-order chi connectivity index (χ0) is 24.5. The van der Waals surface area contributed by atoms with E-state index in [2.05, 4.69) is 34.8 Å². The third-order valence-electron chi connectivity index (χ3n) is 5.67. The van der Waals surface area contributed by atoms with Gasteiger partial charge < -0.3 is 20.7 Å². The van der Waals surface area contributed by atoms with Crippen molar-refractivity contribution in [2.45, 2.75) is 44.9 Å². The highest BCUT2D eigenvalue weighted by molar-refractivity contribution is 7.23. The standard InChI is InChI=1S/C23H27F3N4O2S2/c1-12-10-15-19(21-29-16-11-14(23(24,25)26)4-5-17(16)33-21)22(34-20(15)13(2)28-12)30-18(31)6-7-27-8-9-32-3/h4-5,11-13,27-28H,6-10H2,1-3H3,(H,30,31)/t12-,13-/m1/s1. The molecule has 0 saturated heterocycles. The average Bonchev–Trinajstić information content (AvgIpc) is 3.33. The Balaban J connectivity index is 1.67. The van der Waals surface area contributed by atoms with Crippen molar-refractivity contribution < 1.29 is 22.7 Å². The Labute approximate surface area is 203 Å². The summed E-state index contributed by atoms with van der Waals surface area (Å²) < 4.78 is 45.3. The molecular weight excluding hydrogens is 485 g/mol. The van der Waals surface area contributed by atoms with Crippen LogP contribution in [0.2, 0.25) is 0 Å². The number of aromatic nitrogens is 1. The van der Waals surface area contributed by atoms with Gasteiger partial charge in [0.15, 0.2) is 0 Å². The Morgan fingerprint density at radius 3 is 2.79 bits per heavy atom. The molecule has 3 heterocycles. The van der Waals surface area contributed by atoms with E-state index < -0.39 is 11.7 Å². The molecule has 1 aliphatic heterocycles. The number of nitrogens with one attached hydrogen (secondary N) is 3. The van der Waals surface area contributed by atoms with Crippen LogP contribution in [0.5, 0.6) is 0 Å².